The third-order valence-corrected chi connectivity index (χ3v) is 6.14. The van der Waals surface area contributed by atoms with Gasteiger partial charge in [0.05, 0.1) is 11.6 Å². The molecule has 0 unspecified atom stereocenters. The second kappa shape index (κ2) is 9.32. The molecule has 1 aliphatic heterocycles. The molecule has 3 heterocycles. The number of aromatic amines is 1. The molecule has 0 saturated carbocycles. The second-order valence-corrected chi connectivity index (χ2v) is 9.13. The molecular formula is C26H28N4O5. The summed E-state index contributed by atoms with van der Waals surface area (Å²) in [4.78, 5) is 43.0. The Morgan fingerprint density at radius 3 is 2.66 bits per heavy atom. The average Bonchev–Trinajstić information content (AvgIpc) is 3.40. The van der Waals surface area contributed by atoms with Crippen molar-refractivity contribution < 1.29 is 18.7 Å². The molecule has 35 heavy (non-hydrogen) atoms. The fourth-order valence-electron chi connectivity index (χ4n) is 4.44. The van der Waals surface area contributed by atoms with E-state index < -0.39 is 5.76 Å². The van der Waals surface area contributed by atoms with Crippen LogP contribution in [0.5, 0.6) is 5.75 Å². The molecule has 2 amide bonds. The Morgan fingerprint density at radius 1 is 1.09 bits per heavy atom. The summed E-state index contributed by atoms with van der Waals surface area (Å²) in [5.74, 6) is -0.302. The van der Waals surface area contributed by atoms with E-state index in [1.165, 1.54) is 4.57 Å². The van der Waals surface area contributed by atoms with Crippen LogP contribution in [0, 0.1) is 0 Å². The molecule has 9 heteroatoms. The molecule has 4 aromatic rings. The molecule has 182 valence electrons. The number of H-pyrrole nitrogens is 1. The molecular weight excluding hydrogens is 448 g/mol. The van der Waals surface area contributed by atoms with Crippen molar-refractivity contribution >= 4 is 39.5 Å². The van der Waals surface area contributed by atoms with Gasteiger partial charge in [-0.1, -0.05) is 0 Å². The topological polar surface area (TPSA) is 110 Å². The number of hydrogen-bond donors (Lipinski definition) is 2. The first kappa shape index (κ1) is 22.8. The monoisotopic (exact) mass is 476 g/mol. The summed E-state index contributed by atoms with van der Waals surface area (Å²) < 4.78 is 12.4. The SMILES string of the molecule is CC(C)Oc1ccc2cc(C(=O)Nc3ccc4oc(=O)n(CC(=O)N5CCCCC5)c4c3)[nH]c2c1. The van der Waals surface area contributed by atoms with Crippen LogP contribution in [0.1, 0.15) is 43.6 Å². The van der Waals surface area contributed by atoms with Gasteiger partial charge in [0.15, 0.2) is 5.58 Å². The smallest absolute Gasteiger partial charge is 0.420 e. The molecule has 1 saturated heterocycles. The molecule has 9 nitrogen and oxygen atoms in total. The van der Waals surface area contributed by atoms with Crippen LogP contribution in [0.3, 0.4) is 0 Å². The van der Waals surface area contributed by atoms with Crippen molar-refractivity contribution in [1.29, 1.82) is 0 Å². The minimum absolute atomic E-state index is 0.0514. The zero-order chi connectivity index (χ0) is 24.5. The van der Waals surface area contributed by atoms with Crippen molar-refractivity contribution in [1.82, 2.24) is 14.5 Å². The van der Waals surface area contributed by atoms with Gasteiger partial charge in [0.2, 0.25) is 5.91 Å². The lowest BCUT2D eigenvalue weighted by Crippen LogP contribution is -2.39. The van der Waals surface area contributed by atoms with Gasteiger partial charge in [0.1, 0.15) is 18.0 Å². The highest BCUT2D eigenvalue weighted by atomic mass is 16.5. The van der Waals surface area contributed by atoms with E-state index in [0.717, 1.165) is 35.9 Å². The minimum Gasteiger partial charge on any atom is -0.491 e. The fraction of sp³-hybridized carbons (Fsp3) is 0.346. The summed E-state index contributed by atoms with van der Waals surface area (Å²) in [6.07, 6.45) is 3.12. The molecule has 2 N–H and O–H groups in total. The summed E-state index contributed by atoms with van der Waals surface area (Å²) in [5, 5.41) is 3.75. The lowest BCUT2D eigenvalue weighted by Gasteiger charge is -2.26. The molecule has 0 bridgehead atoms. The van der Waals surface area contributed by atoms with Crippen molar-refractivity contribution in [2.45, 2.75) is 45.8 Å². The minimum atomic E-state index is -0.594. The van der Waals surface area contributed by atoms with Crippen molar-refractivity contribution in [3.05, 3.63) is 58.7 Å². The van der Waals surface area contributed by atoms with Crippen molar-refractivity contribution in [2.75, 3.05) is 18.4 Å². The lowest BCUT2D eigenvalue weighted by atomic mass is 10.1. The average molecular weight is 477 g/mol. The molecule has 1 fully saturated rings. The number of amides is 2. The van der Waals surface area contributed by atoms with E-state index in [-0.39, 0.29) is 24.5 Å². The maximum absolute atomic E-state index is 12.9. The Morgan fingerprint density at radius 2 is 1.89 bits per heavy atom. The molecule has 5 rings (SSSR count). The number of oxazole rings is 1. The van der Waals surface area contributed by atoms with Crippen molar-refractivity contribution in [2.24, 2.45) is 0 Å². The Kier molecular flexibility index (Phi) is 6.07. The number of ether oxygens (including phenoxy) is 1. The van der Waals surface area contributed by atoms with E-state index in [0.29, 0.717) is 35.6 Å². The zero-order valence-corrected chi connectivity index (χ0v) is 19.8. The number of anilines is 1. The highest BCUT2D eigenvalue weighted by molar-refractivity contribution is 6.06. The number of carbonyl (C=O) groups is 2. The Hall–Kier alpha value is -4.01. The first-order valence-electron chi connectivity index (χ1n) is 11.9. The van der Waals surface area contributed by atoms with Gasteiger partial charge in [-0.25, -0.2) is 4.79 Å². The van der Waals surface area contributed by atoms with Crippen LogP contribution >= 0.6 is 0 Å². The number of nitrogens with one attached hydrogen (secondary N) is 2. The van der Waals surface area contributed by atoms with E-state index in [4.69, 9.17) is 9.15 Å². The fourth-order valence-corrected chi connectivity index (χ4v) is 4.44. The summed E-state index contributed by atoms with van der Waals surface area (Å²) in [6, 6.07) is 12.3. The third kappa shape index (κ3) is 4.80. The number of likely N-dealkylation sites (tertiary alicyclic amines) is 1. The number of aromatic nitrogens is 2. The quantitative estimate of drug-likeness (QED) is 0.435. The maximum atomic E-state index is 12.9. The number of rotatable bonds is 6. The number of piperidine rings is 1. The van der Waals surface area contributed by atoms with Crippen LogP contribution in [0.4, 0.5) is 5.69 Å². The highest BCUT2D eigenvalue weighted by Gasteiger charge is 2.20. The standard InChI is InChI=1S/C26H28N4O5/c1-16(2)34-19-8-6-17-12-21(28-20(17)14-19)25(32)27-18-7-9-23-22(13-18)30(26(33)35-23)15-24(31)29-10-4-3-5-11-29/h6-9,12-14,16,28H,3-5,10-11,15H2,1-2H3,(H,27,32). The summed E-state index contributed by atoms with van der Waals surface area (Å²) in [7, 11) is 0. The largest absolute Gasteiger partial charge is 0.491 e. The number of fused-ring (bicyclic) bond motifs is 2. The van der Waals surface area contributed by atoms with Gasteiger partial charge in [-0.3, -0.25) is 14.2 Å². The maximum Gasteiger partial charge on any atom is 0.420 e. The molecule has 0 spiro atoms. The van der Waals surface area contributed by atoms with Crippen LogP contribution in [-0.4, -0.2) is 45.5 Å². The van der Waals surface area contributed by atoms with Gasteiger partial charge in [0, 0.05) is 35.7 Å². The van der Waals surface area contributed by atoms with Crippen LogP contribution in [0.15, 0.2) is 51.7 Å². The van der Waals surface area contributed by atoms with E-state index in [1.807, 2.05) is 32.0 Å². The normalized spacial score (nSPS) is 14.1. The number of nitrogens with zero attached hydrogens (tertiary/aromatic N) is 2. The zero-order valence-electron chi connectivity index (χ0n) is 19.8. The molecule has 0 aliphatic carbocycles. The van der Waals surface area contributed by atoms with Crippen LogP contribution in [0.25, 0.3) is 22.0 Å². The number of benzene rings is 2. The van der Waals surface area contributed by atoms with Crippen molar-refractivity contribution in [3.63, 3.8) is 0 Å². The predicted octanol–water partition coefficient (Wildman–Crippen LogP) is 4.13. The first-order chi connectivity index (χ1) is 16.9. The highest BCUT2D eigenvalue weighted by Crippen LogP contribution is 2.24. The summed E-state index contributed by atoms with van der Waals surface area (Å²) in [5.41, 5.74) is 2.51. The summed E-state index contributed by atoms with van der Waals surface area (Å²) >= 11 is 0. The number of hydrogen-bond acceptors (Lipinski definition) is 5. The van der Waals surface area contributed by atoms with Crippen LogP contribution < -0.4 is 15.8 Å². The molecule has 0 atom stereocenters. The summed E-state index contributed by atoms with van der Waals surface area (Å²) in [6.45, 7) is 5.24. The van der Waals surface area contributed by atoms with Gasteiger partial charge in [-0.15, -0.1) is 0 Å². The molecule has 1 aliphatic rings. The van der Waals surface area contributed by atoms with Gasteiger partial charge >= 0.3 is 5.76 Å². The van der Waals surface area contributed by atoms with Crippen molar-refractivity contribution in [3.8, 4) is 5.75 Å². The van der Waals surface area contributed by atoms with Gasteiger partial charge in [-0.2, -0.15) is 0 Å². The molecule has 2 aromatic carbocycles. The second-order valence-electron chi connectivity index (χ2n) is 9.13. The van der Waals surface area contributed by atoms with Gasteiger partial charge in [-0.05, 0) is 69.5 Å². The number of carbonyl (C=O) groups excluding carboxylic acids is 2. The van der Waals surface area contributed by atoms with E-state index in [2.05, 4.69) is 10.3 Å². The molecule has 2 aromatic heterocycles. The molecule has 0 radical (unpaired) electrons. The van der Waals surface area contributed by atoms with E-state index in [1.54, 1.807) is 29.2 Å². The lowest BCUT2D eigenvalue weighted by molar-refractivity contribution is -0.132. The van der Waals surface area contributed by atoms with Gasteiger partial charge in [0.25, 0.3) is 5.91 Å². The Labute approximate surface area is 201 Å². The predicted molar refractivity (Wildman–Crippen MR) is 133 cm³/mol. The van der Waals surface area contributed by atoms with Crippen LogP contribution in [0.2, 0.25) is 0 Å². The van der Waals surface area contributed by atoms with Gasteiger partial charge < -0.3 is 24.4 Å². The van der Waals surface area contributed by atoms with Crippen LogP contribution in [-0.2, 0) is 11.3 Å². The van der Waals surface area contributed by atoms with E-state index in [9.17, 15) is 14.4 Å². The van der Waals surface area contributed by atoms with E-state index >= 15 is 0 Å². The Bertz CT molecular complexity index is 1460. The third-order valence-electron chi connectivity index (χ3n) is 6.14. The Balaban J connectivity index is 1.36. The first-order valence-corrected chi connectivity index (χ1v) is 11.9.